The monoisotopic (exact) mass is 447 g/mol. The van der Waals surface area contributed by atoms with Crippen LogP contribution < -0.4 is 11.1 Å². The van der Waals surface area contributed by atoms with Gasteiger partial charge in [-0.25, -0.2) is 8.42 Å². The molecule has 31 heavy (non-hydrogen) atoms. The second kappa shape index (κ2) is 7.30. The second-order valence-electron chi connectivity index (χ2n) is 10.4. The average Bonchev–Trinajstić information content (AvgIpc) is 2.69. The number of hydrogen-bond donors (Lipinski definition) is 2. The van der Waals surface area contributed by atoms with Crippen molar-refractivity contribution in [3.63, 3.8) is 0 Å². The molecule has 2 atom stereocenters. The van der Waals surface area contributed by atoms with Gasteiger partial charge in [0.2, 0.25) is 21.8 Å². The summed E-state index contributed by atoms with van der Waals surface area (Å²) in [5, 5.41) is 3.18. The Kier molecular flexibility index (Phi) is 5.25. The highest BCUT2D eigenvalue weighted by Crippen LogP contribution is 2.60. The third-order valence-electron chi connectivity index (χ3n) is 8.17. The van der Waals surface area contributed by atoms with Gasteiger partial charge in [0, 0.05) is 18.5 Å². The minimum atomic E-state index is -3.84. The van der Waals surface area contributed by atoms with Crippen LogP contribution in [0.4, 0.5) is 0 Å². The third kappa shape index (κ3) is 3.48. The number of hydrogen-bond acceptors (Lipinski definition) is 4. The maximum atomic E-state index is 13.4. The van der Waals surface area contributed by atoms with Crippen LogP contribution in [-0.2, 0) is 19.6 Å². The fourth-order valence-corrected chi connectivity index (χ4v) is 8.03. The zero-order chi connectivity index (χ0) is 22.8. The fraction of sp³-hybridized carbons (Fsp3) is 0.652. The number of likely N-dealkylation sites (N-methyl/N-ethyl adjacent to an activating group) is 1. The standard InChI is InChI=1S/C23H33N3O4S/c1-14-7-5-6-8-18(14)31(29,30)26(4)22(2,3)21(28)25-19-16-9-15-10-17(19)13-23(11-15,12-16)20(24)27/h5-8,15-17,19H,9-13H2,1-4H3,(H2,24,27)(H,25,28). The Morgan fingerprint density at radius 1 is 1.13 bits per heavy atom. The van der Waals surface area contributed by atoms with E-state index in [4.69, 9.17) is 5.73 Å². The van der Waals surface area contributed by atoms with Crippen LogP contribution >= 0.6 is 0 Å². The Bertz CT molecular complexity index is 1000. The van der Waals surface area contributed by atoms with Crippen LogP contribution in [0.25, 0.3) is 0 Å². The number of benzene rings is 1. The molecule has 0 spiro atoms. The van der Waals surface area contributed by atoms with Gasteiger partial charge in [-0.1, -0.05) is 18.2 Å². The molecule has 0 aliphatic heterocycles. The number of primary amides is 1. The van der Waals surface area contributed by atoms with Gasteiger partial charge < -0.3 is 11.1 Å². The van der Waals surface area contributed by atoms with Gasteiger partial charge in [0.05, 0.1) is 4.90 Å². The molecule has 4 aliphatic carbocycles. The molecule has 0 saturated heterocycles. The Morgan fingerprint density at radius 3 is 2.26 bits per heavy atom. The lowest BCUT2D eigenvalue weighted by Gasteiger charge is -2.59. The molecule has 8 heteroatoms. The number of amides is 2. The molecular formula is C23H33N3O4S. The van der Waals surface area contributed by atoms with Crippen molar-refractivity contribution < 1.29 is 18.0 Å². The van der Waals surface area contributed by atoms with E-state index in [-0.39, 0.29) is 34.6 Å². The van der Waals surface area contributed by atoms with Crippen molar-refractivity contribution in [1.82, 2.24) is 9.62 Å². The number of carbonyl (C=O) groups excluding carboxylic acids is 2. The van der Waals surface area contributed by atoms with Crippen molar-refractivity contribution in [1.29, 1.82) is 0 Å². The molecule has 4 saturated carbocycles. The Morgan fingerprint density at radius 2 is 1.71 bits per heavy atom. The van der Waals surface area contributed by atoms with Crippen LogP contribution in [0.15, 0.2) is 29.2 Å². The predicted molar refractivity (Wildman–Crippen MR) is 117 cm³/mol. The van der Waals surface area contributed by atoms with E-state index >= 15 is 0 Å². The lowest BCUT2D eigenvalue weighted by molar-refractivity contribution is -0.148. The summed E-state index contributed by atoms with van der Waals surface area (Å²) in [6.07, 6.45) is 4.30. The van der Waals surface area contributed by atoms with Gasteiger partial charge in [0.15, 0.2) is 0 Å². The molecule has 1 aromatic rings. The number of carbonyl (C=O) groups is 2. The van der Waals surface area contributed by atoms with Crippen molar-refractivity contribution in [2.45, 2.75) is 69.4 Å². The first-order valence-corrected chi connectivity index (χ1v) is 12.5. The molecule has 0 aromatic heterocycles. The molecule has 4 fully saturated rings. The van der Waals surface area contributed by atoms with E-state index in [0.29, 0.717) is 11.5 Å². The highest BCUT2D eigenvalue weighted by molar-refractivity contribution is 7.89. The summed E-state index contributed by atoms with van der Waals surface area (Å²) in [6, 6.07) is 6.75. The Hall–Kier alpha value is -1.93. The molecule has 2 amide bonds. The molecule has 5 rings (SSSR count). The fourth-order valence-electron chi connectivity index (χ4n) is 6.33. The summed E-state index contributed by atoms with van der Waals surface area (Å²) in [6.45, 7) is 5.02. The molecular weight excluding hydrogens is 414 g/mol. The van der Waals surface area contributed by atoms with Crippen LogP contribution in [-0.4, -0.2) is 43.2 Å². The Balaban J connectivity index is 1.53. The SMILES string of the molecule is Cc1ccccc1S(=O)(=O)N(C)C(C)(C)C(=O)NC1C2CC3CC1CC(C(N)=O)(C3)C2. The number of sulfonamides is 1. The molecule has 2 unspecified atom stereocenters. The second-order valence-corrected chi connectivity index (χ2v) is 12.3. The summed E-state index contributed by atoms with van der Waals surface area (Å²) in [7, 11) is -2.38. The van der Waals surface area contributed by atoms with Gasteiger partial charge in [0.1, 0.15) is 5.54 Å². The van der Waals surface area contributed by atoms with Crippen LogP contribution in [0.1, 0.15) is 51.5 Å². The zero-order valence-electron chi connectivity index (χ0n) is 18.7. The van der Waals surface area contributed by atoms with Crippen molar-refractivity contribution >= 4 is 21.8 Å². The van der Waals surface area contributed by atoms with Crippen molar-refractivity contribution in [2.75, 3.05) is 7.05 Å². The van der Waals surface area contributed by atoms with Crippen molar-refractivity contribution in [2.24, 2.45) is 28.9 Å². The normalized spacial score (nSPS) is 32.3. The largest absolute Gasteiger partial charge is 0.369 e. The molecule has 0 radical (unpaired) electrons. The predicted octanol–water partition coefficient (Wildman–Crippen LogP) is 2.19. The number of nitrogens with one attached hydrogen (secondary N) is 1. The van der Waals surface area contributed by atoms with Crippen molar-refractivity contribution in [3.8, 4) is 0 Å². The maximum Gasteiger partial charge on any atom is 0.244 e. The highest BCUT2D eigenvalue weighted by atomic mass is 32.2. The van der Waals surface area contributed by atoms with Crippen molar-refractivity contribution in [3.05, 3.63) is 29.8 Å². The minimum Gasteiger partial charge on any atom is -0.369 e. The van der Waals surface area contributed by atoms with E-state index < -0.39 is 21.0 Å². The molecule has 4 bridgehead atoms. The summed E-state index contributed by atoms with van der Waals surface area (Å²) >= 11 is 0. The smallest absolute Gasteiger partial charge is 0.244 e. The topological polar surface area (TPSA) is 110 Å². The van der Waals surface area contributed by atoms with E-state index in [1.807, 2.05) is 0 Å². The van der Waals surface area contributed by atoms with Crippen LogP contribution in [0.5, 0.6) is 0 Å². The van der Waals surface area contributed by atoms with E-state index in [0.717, 1.165) is 32.1 Å². The molecule has 170 valence electrons. The van der Waals surface area contributed by atoms with Crippen LogP contribution in [0, 0.1) is 30.1 Å². The third-order valence-corrected chi connectivity index (χ3v) is 10.4. The first kappa shape index (κ1) is 22.3. The maximum absolute atomic E-state index is 13.4. The minimum absolute atomic E-state index is 0.0367. The number of aryl methyl sites for hydroxylation is 1. The highest BCUT2D eigenvalue weighted by Gasteiger charge is 2.58. The molecule has 4 aliphatic rings. The zero-order valence-corrected chi connectivity index (χ0v) is 19.5. The van der Waals surface area contributed by atoms with E-state index in [1.54, 1.807) is 45.0 Å². The van der Waals surface area contributed by atoms with Gasteiger partial charge in [-0.05, 0) is 82.3 Å². The summed E-state index contributed by atoms with van der Waals surface area (Å²) in [5.74, 6) is 0.419. The summed E-state index contributed by atoms with van der Waals surface area (Å²) < 4.78 is 27.7. The molecule has 3 N–H and O–H groups in total. The summed E-state index contributed by atoms with van der Waals surface area (Å²) in [4.78, 5) is 25.7. The van der Waals surface area contributed by atoms with Crippen LogP contribution in [0.3, 0.4) is 0 Å². The number of nitrogens with zero attached hydrogens (tertiary/aromatic N) is 1. The van der Waals surface area contributed by atoms with Gasteiger partial charge in [-0.15, -0.1) is 0 Å². The Labute approximate surface area is 184 Å². The summed E-state index contributed by atoms with van der Waals surface area (Å²) in [5.41, 5.74) is 4.72. The van der Waals surface area contributed by atoms with E-state index in [2.05, 4.69) is 5.32 Å². The quantitative estimate of drug-likeness (QED) is 0.696. The first-order valence-electron chi connectivity index (χ1n) is 11.0. The van der Waals surface area contributed by atoms with Crippen LogP contribution in [0.2, 0.25) is 0 Å². The molecule has 7 nitrogen and oxygen atoms in total. The van der Waals surface area contributed by atoms with E-state index in [9.17, 15) is 18.0 Å². The van der Waals surface area contributed by atoms with Gasteiger partial charge in [-0.2, -0.15) is 4.31 Å². The lowest BCUT2D eigenvalue weighted by atomic mass is 9.47. The van der Waals surface area contributed by atoms with Gasteiger partial charge in [0.25, 0.3) is 0 Å². The first-order chi connectivity index (χ1) is 14.4. The molecule has 0 heterocycles. The van der Waals surface area contributed by atoms with E-state index in [1.165, 1.54) is 11.4 Å². The molecule has 1 aromatic carbocycles. The van der Waals surface area contributed by atoms with Gasteiger partial charge >= 0.3 is 0 Å². The van der Waals surface area contributed by atoms with Gasteiger partial charge in [-0.3, -0.25) is 9.59 Å². The number of nitrogens with two attached hydrogens (primary N) is 1. The lowest BCUT2D eigenvalue weighted by Crippen LogP contribution is -2.65. The average molecular weight is 448 g/mol. The number of rotatable bonds is 6.